The first kappa shape index (κ1) is 40.1. The van der Waals surface area contributed by atoms with Crippen LogP contribution < -0.4 is 15.8 Å². The lowest BCUT2D eigenvalue weighted by Crippen LogP contribution is -2.46. The monoisotopic (exact) mass is 655 g/mol. The van der Waals surface area contributed by atoms with Crippen LogP contribution in [0.25, 0.3) is 0 Å². The molecule has 0 bridgehead atoms. The van der Waals surface area contributed by atoms with E-state index in [1.54, 1.807) is 0 Å². The largest absolute Gasteiger partial charge is 0.494 e. The molecule has 3 N–H and O–H groups in total. The molecule has 0 spiro atoms. The Bertz CT molecular complexity index is 961. The summed E-state index contributed by atoms with van der Waals surface area (Å²) in [6.07, 6.45) is 3.94. The van der Waals surface area contributed by atoms with Crippen LogP contribution in [0.5, 0.6) is 5.75 Å². The first-order chi connectivity index (χ1) is 18.9. The zero-order valence-corrected chi connectivity index (χ0v) is 26.6. The number of hydrogen-bond acceptors (Lipinski definition) is 4. The van der Waals surface area contributed by atoms with Gasteiger partial charge in [-0.2, -0.15) is 13.2 Å². The van der Waals surface area contributed by atoms with Crippen LogP contribution in [-0.4, -0.2) is 68.2 Å². The number of hydrogen-bond donors (Lipinski definition) is 2. The molecule has 1 aliphatic rings. The van der Waals surface area contributed by atoms with E-state index in [0.717, 1.165) is 83.0 Å². The first-order valence-corrected chi connectivity index (χ1v) is 14.2. The van der Waals surface area contributed by atoms with E-state index in [4.69, 9.17) is 10.5 Å². The number of nitrogens with two attached hydrogens (primary N) is 1. The van der Waals surface area contributed by atoms with E-state index in [-0.39, 0.29) is 43.8 Å². The van der Waals surface area contributed by atoms with Gasteiger partial charge in [0.15, 0.2) is 5.96 Å². The van der Waals surface area contributed by atoms with E-state index in [0.29, 0.717) is 11.5 Å². The number of guanidine groups is 1. The van der Waals surface area contributed by atoms with E-state index in [1.807, 2.05) is 30.3 Å². The normalized spacial score (nSPS) is 14.3. The van der Waals surface area contributed by atoms with Gasteiger partial charge in [-0.25, -0.2) is 4.99 Å². The summed E-state index contributed by atoms with van der Waals surface area (Å²) < 4.78 is 43.7. The first-order valence-electron chi connectivity index (χ1n) is 14.2. The van der Waals surface area contributed by atoms with E-state index < -0.39 is 11.7 Å². The van der Waals surface area contributed by atoms with Crippen molar-refractivity contribution >= 4 is 43.2 Å². The van der Waals surface area contributed by atoms with Crippen molar-refractivity contribution in [1.82, 2.24) is 15.1 Å². The van der Waals surface area contributed by atoms with Crippen molar-refractivity contribution in [3.8, 4) is 5.75 Å². The Kier molecular flexibility index (Phi) is 21.6. The van der Waals surface area contributed by atoms with Crippen LogP contribution in [0.4, 0.5) is 13.2 Å². The van der Waals surface area contributed by atoms with E-state index in [1.165, 1.54) is 44.4 Å². The Morgan fingerprint density at radius 1 is 0.762 bits per heavy atom. The average molecular weight is 657 g/mol. The molecule has 12 heteroatoms. The maximum Gasteiger partial charge on any atom is 0.416 e. The Hall–Kier alpha value is -1.91. The van der Waals surface area contributed by atoms with Crippen molar-refractivity contribution in [2.45, 2.75) is 57.7 Å². The lowest BCUT2D eigenvalue weighted by Gasteiger charge is -2.34. The molecular formula is C30H47Cl3F3N5O. The highest BCUT2D eigenvalue weighted by Gasteiger charge is 2.29. The van der Waals surface area contributed by atoms with Crippen LogP contribution in [0.1, 0.15) is 56.1 Å². The number of nitrogens with zero attached hydrogens (tertiary/aromatic N) is 3. The van der Waals surface area contributed by atoms with Gasteiger partial charge >= 0.3 is 6.18 Å². The molecule has 0 saturated carbocycles. The number of aliphatic imine (C=N–C) groups is 1. The predicted molar refractivity (Wildman–Crippen MR) is 174 cm³/mol. The quantitative estimate of drug-likeness (QED) is 0.118. The summed E-state index contributed by atoms with van der Waals surface area (Å²) in [4.78, 5) is 9.34. The fourth-order valence-electron chi connectivity index (χ4n) is 4.62. The zero-order chi connectivity index (χ0) is 27.8. The number of ether oxygens (including phenoxy) is 1. The molecule has 42 heavy (non-hydrogen) atoms. The Balaban J connectivity index is 0.00000560. The molecule has 240 valence electrons. The van der Waals surface area contributed by atoms with Gasteiger partial charge in [0.05, 0.1) is 18.7 Å². The van der Waals surface area contributed by atoms with Crippen LogP contribution in [0.2, 0.25) is 0 Å². The molecule has 2 aromatic rings. The number of halogens is 6. The molecule has 0 atom stereocenters. The second kappa shape index (κ2) is 22.6. The molecule has 0 aliphatic carbocycles. The lowest BCUT2D eigenvalue weighted by molar-refractivity contribution is -0.137. The molecular weight excluding hydrogens is 610 g/mol. The van der Waals surface area contributed by atoms with Crippen LogP contribution in [0.15, 0.2) is 59.6 Å². The highest BCUT2D eigenvalue weighted by molar-refractivity contribution is 5.86. The second-order valence-corrected chi connectivity index (χ2v) is 10.1. The summed E-state index contributed by atoms with van der Waals surface area (Å²) in [6.45, 7) is 8.62. The third kappa shape index (κ3) is 16.7. The third-order valence-corrected chi connectivity index (χ3v) is 7.02. The van der Waals surface area contributed by atoms with Gasteiger partial charge in [0.25, 0.3) is 0 Å². The number of nitrogens with one attached hydrogen (secondary N) is 1. The van der Waals surface area contributed by atoms with E-state index >= 15 is 0 Å². The van der Waals surface area contributed by atoms with Gasteiger partial charge in [0, 0.05) is 32.7 Å². The highest BCUT2D eigenvalue weighted by atomic mass is 35.5. The molecule has 1 saturated heterocycles. The Labute approximate surface area is 267 Å². The minimum absolute atomic E-state index is 0. The molecule has 0 amide bonds. The number of benzene rings is 2. The number of para-hydroxylation sites is 1. The smallest absolute Gasteiger partial charge is 0.416 e. The molecule has 0 unspecified atom stereocenters. The van der Waals surface area contributed by atoms with Gasteiger partial charge < -0.3 is 25.6 Å². The second-order valence-electron chi connectivity index (χ2n) is 10.1. The van der Waals surface area contributed by atoms with Gasteiger partial charge in [-0.15, -0.1) is 37.2 Å². The summed E-state index contributed by atoms with van der Waals surface area (Å²) in [6, 6.07) is 15.0. The van der Waals surface area contributed by atoms with Crippen molar-refractivity contribution in [1.29, 1.82) is 0 Å². The fraction of sp³-hybridized carbons (Fsp3) is 0.567. The van der Waals surface area contributed by atoms with E-state index in [2.05, 4.69) is 20.1 Å². The Morgan fingerprint density at radius 3 is 1.90 bits per heavy atom. The third-order valence-electron chi connectivity index (χ3n) is 7.02. The van der Waals surface area contributed by atoms with Crippen LogP contribution in [-0.2, 0) is 12.7 Å². The fourth-order valence-corrected chi connectivity index (χ4v) is 4.62. The van der Waals surface area contributed by atoms with Crippen LogP contribution >= 0.6 is 37.2 Å². The molecule has 1 fully saturated rings. The number of piperazine rings is 1. The molecule has 0 radical (unpaired) electrons. The topological polar surface area (TPSA) is 66.1 Å². The van der Waals surface area contributed by atoms with Gasteiger partial charge in [-0.05, 0) is 68.6 Å². The SMILES string of the molecule is Cl.Cl.Cl.NC(=NCc1ccc(C(F)(F)F)cc1)NCCCCN1CCN(CCCCCCCOc2ccccc2)CC1. The summed E-state index contributed by atoms with van der Waals surface area (Å²) in [5.74, 6) is 1.28. The van der Waals surface area contributed by atoms with Gasteiger partial charge in [-0.1, -0.05) is 49.6 Å². The molecule has 1 heterocycles. The Morgan fingerprint density at radius 2 is 1.31 bits per heavy atom. The summed E-state index contributed by atoms with van der Waals surface area (Å²) >= 11 is 0. The molecule has 2 aromatic carbocycles. The van der Waals surface area contributed by atoms with Crippen LogP contribution in [0.3, 0.4) is 0 Å². The maximum atomic E-state index is 12.6. The van der Waals surface area contributed by atoms with Crippen LogP contribution in [0, 0.1) is 0 Å². The van der Waals surface area contributed by atoms with Crippen molar-refractivity contribution in [3.63, 3.8) is 0 Å². The standard InChI is InChI=1S/C30H44F3N5O.3ClH/c31-30(32,33)27-15-13-26(14-16-27)25-36-29(34)35-17-7-9-19-38-22-20-37(21-23-38)18-8-2-1-3-10-24-39-28-11-5-4-6-12-28;;;/h4-6,11-16H,1-3,7-10,17-25H2,(H3,34,35,36);3*1H. The summed E-state index contributed by atoms with van der Waals surface area (Å²) in [7, 11) is 0. The maximum absolute atomic E-state index is 12.6. The van der Waals surface area contributed by atoms with Crippen molar-refractivity contribution < 1.29 is 17.9 Å². The zero-order valence-electron chi connectivity index (χ0n) is 24.2. The summed E-state index contributed by atoms with van der Waals surface area (Å²) in [5, 5.41) is 3.10. The molecule has 0 aromatic heterocycles. The van der Waals surface area contributed by atoms with Crippen molar-refractivity contribution in [2.75, 3.05) is 52.4 Å². The molecule has 6 nitrogen and oxygen atoms in total. The van der Waals surface area contributed by atoms with Gasteiger partial charge in [-0.3, -0.25) is 0 Å². The minimum atomic E-state index is -4.32. The predicted octanol–water partition coefficient (Wildman–Crippen LogP) is 6.80. The molecule has 1 aliphatic heterocycles. The lowest BCUT2D eigenvalue weighted by atomic mass is 10.1. The van der Waals surface area contributed by atoms with Crippen molar-refractivity contribution in [2.24, 2.45) is 10.7 Å². The van der Waals surface area contributed by atoms with E-state index in [9.17, 15) is 13.2 Å². The van der Waals surface area contributed by atoms with Crippen molar-refractivity contribution in [3.05, 3.63) is 65.7 Å². The molecule has 3 rings (SSSR count). The summed E-state index contributed by atoms with van der Waals surface area (Å²) in [5.41, 5.74) is 5.93. The van der Waals surface area contributed by atoms with Gasteiger partial charge in [0.2, 0.25) is 0 Å². The number of unbranched alkanes of at least 4 members (excludes halogenated alkanes) is 5. The van der Waals surface area contributed by atoms with Gasteiger partial charge in [0.1, 0.15) is 5.75 Å². The number of alkyl halides is 3. The average Bonchev–Trinajstić information content (AvgIpc) is 2.94. The number of rotatable bonds is 16. The highest BCUT2D eigenvalue weighted by Crippen LogP contribution is 2.29. The minimum Gasteiger partial charge on any atom is -0.494 e.